The van der Waals surface area contributed by atoms with Gasteiger partial charge in [-0.15, -0.1) is 35.3 Å². The second-order valence-electron chi connectivity index (χ2n) is 7.42. The number of aliphatic imine (C=N–C) groups is 1. The molecule has 0 aliphatic carbocycles. The van der Waals surface area contributed by atoms with Crippen molar-refractivity contribution in [3.63, 3.8) is 0 Å². The van der Waals surface area contributed by atoms with Gasteiger partial charge in [0.25, 0.3) is 0 Å². The van der Waals surface area contributed by atoms with E-state index in [1.165, 1.54) is 23.3 Å². The lowest BCUT2D eigenvalue weighted by molar-refractivity contribution is 0.436. The standard InChI is InChI=1S/C21H31N5S.HI/c1-16-8-10-26(11-9-16)20-7-6-18(14-23-20)15-25-21(22-3)24-13-17(2)19-5-4-12-27-19;/h4-7,12,14,16-17H,8-11,13,15H2,1-3H3,(H2,22,24,25);1H. The Morgan fingerprint density at radius 3 is 2.68 bits per heavy atom. The van der Waals surface area contributed by atoms with Crippen LogP contribution in [-0.2, 0) is 6.54 Å². The van der Waals surface area contributed by atoms with E-state index in [0.29, 0.717) is 5.92 Å². The molecule has 3 heterocycles. The molecule has 0 bridgehead atoms. The number of nitrogens with one attached hydrogen (secondary N) is 2. The molecule has 154 valence electrons. The molecule has 2 N–H and O–H groups in total. The van der Waals surface area contributed by atoms with Crippen molar-refractivity contribution in [2.75, 3.05) is 31.6 Å². The molecule has 7 heteroatoms. The van der Waals surface area contributed by atoms with Crippen molar-refractivity contribution in [1.29, 1.82) is 0 Å². The third-order valence-electron chi connectivity index (χ3n) is 5.20. The Kier molecular flexibility index (Phi) is 9.50. The number of hydrogen-bond donors (Lipinski definition) is 2. The average Bonchev–Trinajstić information content (AvgIpc) is 3.24. The van der Waals surface area contributed by atoms with E-state index in [9.17, 15) is 0 Å². The molecule has 2 aromatic rings. The Hall–Kier alpha value is -1.35. The summed E-state index contributed by atoms with van der Waals surface area (Å²) in [4.78, 5) is 12.8. The first-order chi connectivity index (χ1) is 13.2. The van der Waals surface area contributed by atoms with E-state index in [2.05, 4.69) is 69.0 Å². The molecule has 0 spiro atoms. The van der Waals surface area contributed by atoms with Gasteiger partial charge >= 0.3 is 0 Å². The lowest BCUT2D eigenvalue weighted by Crippen LogP contribution is -2.38. The molecule has 1 saturated heterocycles. The van der Waals surface area contributed by atoms with Crippen LogP contribution in [0, 0.1) is 5.92 Å². The third-order valence-corrected chi connectivity index (χ3v) is 6.31. The molecular weight excluding hydrogens is 481 g/mol. The summed E-state index contributed by atoms with van der Waals surface area (Å²) in [5, 5.41) is 8.92. The third kappa shape index (κ3) is 6.62. The first kappa shape index (κ1) is 22.9. The van der Waals surface area contributed by atoms with E-state index < -0.39 is 0 Å². The first-order valence-electron chi connectivity index (χ1n) is 9.83. The summed E-state index contributed by atoms with van der Waals surface area (Å²) >= 11 is 1.80. The van der Waals surface area contributed by atoms with Crippen LogP contribution in [0.25, 0.3) is 0 Å². The Balaban J connectivity index is 0.00000280. The van der Waals surface area contributed by atoms with Gasteiger partial charge in [-0.1, -0.05) is 26.0 Å². The number of rotatable bonds is 6. The maximum Gasteiger partial charge on any atom is 0.191 e. The minimum atomic E-state index is 0. The number of anilines is 1. The minimum absolute atomic E-state index is 0. The second kappa shape index (κ2) is 11.6. The van der Waals surface area contributed by atoms with Crippen molar-refractivity contribution in [3.8, 4) is 0 Å². The van der Waals surface area contributed by atoms with Gasteiger partial charge in [-0.25, -0.2) is 4.98 Å². The molecule has 1 fully saturated rings. The van der Waals surface area contributed by atoms with Gasteiger partial charge in [-0.05, 0) is 41.8 Å². The van der Waals surface area contributed by atoms with Crippen LogP contribution in [0.5, 0.6) is 0 Å². The zero-order valence-corrected chi connectivity index (χ0v) is 20.2. The summed E-state index contributed by atoms with van der Waals surface area (Å²) < 4.78 is 0. The highest BCUT2D eigenvalue weighted by atomic mass is 127. The Morgan fingerprint density at radius 2 is 2.07 bits per heavy atom. The van der Waals surface area contributed by atoms with E-state index in [1.54, 1.807) is 11.3 Å². The summed E-state index contributed by atoms with van der Waals surface area (Å²) in [6, 6.07) is 8.59. The van der Waals surface area contributed by atoms with Crippen molar-refractivity contribution < 1.29 is 0 Å². The topological polar surface area (TPSA) is 52.6 Å². The van der Waals surface area contributed by atoms with Crippen LogP contribution in [0.1, 0.15) is 43.0 Å². The predicted octanol–water partition coefficient (Wildman–Crippen LogP) is 4.47. The van der Waals surface area contributed by atoms with E-state index in [0.717, 1.165) is 43.9 Å². The highest BCUT2D eigenvalue weighted by Gasteiger charge is 2.16. The number of halogens is 1. The van der Waals surface area contributed by atoms with E-state index in [4.69, 9.17) is 0 Å². The normalized spacial score (nSPS) is 16.4. The minimum Gasteiger partial charge on any atom is -0.357 e. The van der Waals surface area contributed by atoms with Gasteiger partial charge < -0.3 is 15.5 Å². The molecule has 28 heavy (non-hydrogen) atoms. The van der Waals surface area contributed by atoms with Crippen LogP contribution in [0.3, 0.4) is 0 Å². The fourth-order valence-electron chi connectivity index (χ4n) is 3.27. The number of guanidine groups is 1. The van der Waals surface area contributed by atoms with Gasteiger partial charge in [0, 0.05) is 50.2 Å². The zero-order chi connectivity index (χ0) is 19.1. The summed E-state index contributed by atoms with van der Waals surface area (Å²) in [6.07, 6.45) is 4.50. The highest BCUT2D eigenvalue weighted by molar-refractivity contribution is 14.0. The maximum atomic E-state index is 4.67. The molecule has 0 saturated carbocycles. The molecule has 0 aromatic carbocycles. The molecule has 2 aromatic heterocycles. The number of aromatic nitrogens is 1. The molecule has 1 atom stereocenters. The van der Waals surface area contributed by atoms with Crippen LogP contribution in [0.2, 0.25) is 0 Å². The molecular formula is C21H32IN5S. The van der Waals surface area contributed by atoms with Crippen molar-refractivity contribution >= 4 is 47.1 Å². The summed E-state index contributed by atoms with van der Waals surface area (Å²) in [5.41, 5.74) is 1.17. The monoisotopic (exact) mass is 513 g/mol. The Morgan fingerprint density at radius 1 is 1.29 bits per heavy atom. The van der Waals surface area contributed by atoms with Gasteiger partial charge in [0.05, 0.1) is 0 Å². The number of pyridine rings is 1. The molecule has 1 aliphatic heterocycles. The van der Waals surface area contributed by atoms with Crippen LogP contribution in [0.4, 0.5) is 5.82 Å². The van der Waals surface area contributed by atoms with E-state index in [-0.39, 0.29) is 24.0 Å². The Labute approximate surface area is 190 Å². The lowest BCUT2D eigenvalue weighted by Gasteiger charge is -2.31. The average molecular weight is 513 g/mol. The molecule has 1 aliphatic rings. The van der Waals surface area contributed by atoms with Gasteiger partial charge in [-0.2, -0.15) is 0 Å². The van der Waals surface area contributed by atoms with Crippen molar-refractivity contribution in [2.24, 2.45) is 10.9 Å². The molecule has 0 radical (unpaired) electrons. The van der Waals surface area contributed by atoms with Gasteiger partial charge in [0.2, 0.25) is 0 Å². The summed E-state index contributed by atoms with van der Waals surface area (Å²) in [6.45, 7) is 8.38. The quantitative estimate of drug-likeness (QED) is 0.340. The molecule has 5 nitrogen and oxygen atoms in total. The van der Waals surface area contributed by atoms with Crippen LogP contribution >= 0.6 is 35.3 Å². The molecule has 0 amide bonds. The summed E-state index contributed by atoms with van der Waals surface area (Å²) in [7, 11) is 1.81. The van der Waals surface area contributed by atoms with Gasteiger partial charge in [0.15, 0.2) is 5.96 Å². The van der Waals surface area contributed by atoms with Crippen LogP contribution in [0.15, 0.2) is 40.8 Å². The van der Waals surface area contributed by atoms with Crippen molar-refractivity contribution in [1.82, 2.24) is 15.6 Å². The van der Waals surface area contributed by atoms with E-state index >= 15 is 0 Å². The number of hydrogen-bond acceptors (Lipinski definition) is 4. The lowest BCUT2D eigenvalue weighted by atomic mass is 9.99. The fraction of sp³-hybridized carbons (Fsp3) is 0.524. The van der Waals surface area contributed by atoms with Gasteiger partial charge in [-0.3, -0.25) is 4.99 Å². The highest BCUT2D eigenvalue weighted by Crippen LogP contribution is 2.21. The van der Waals surface area contributed by atoms with Crippen LogP contribution < -0.4 is 15.5 Å². The Bertz CT molecular complexity index is 709. The van der Waals surface area contributed by atoms with E-state index in [1.807, 2.05) is 13.2 Å². The maximum absolute atomic E-state index is 4.67. The van der Waals surface area contributed by atoms with Crippen LogP contribution in [-0.4, -0.2) is 37.6 Å². The number of nitrogens with zero attached hydrogens (tertiary/aromatic N) is 3. The van der Waals surface area contributed by atoms with Crippen molar-refractivity contribution in [3.05, 3.63) is 46.3 Å². The predicted molar refractivity (Wildman–Crippen MR) is 131 cm³/mol. The molecule has 1 unspecified atom stereocenters. The largest absolute Gasteiger partial charge is 0.357 e. The van der Waals surface area contributed by atoms with Crippen molar-refractivity contribution in [2.45, 2.75) is 39.2 Å². The smallest absolute Gasteiger partial charge is 0.191 e. The molecule has 3 rings (SSSR count). The number of piperidine rings is 1. The summed E-state index contributed by atoms with van der Waals surface area (Å²) in [5.74, 6) is 3.23. The SMILES string of the molecule is CN=C(NCc1ccc(N2CCC(C)CC2)nc1)NCC(C)c1cccs1.I. The number of thiophene rings is 1. The first-order valence-corrected chi connectivity index (χ1v) is 10.7. The zero-order valence-electron chi connectivity index (χ0n) is 17.0. The fourth-order valence-corrected chi connectivity index (χ4v) is 4.06. The second-order valence-corrected chi connectivity index (χ2v) is 8.40. The van der Waals surface area contributed by atoms with Gasteiger partial charge in [0.1, 0.15) is 5.82 Å².